The monoisotopic (exact) mass is 585 g/mol. The summed E-state index contributed by atoms with van der Waals surface area (Å²) in [6, 6.07) is 13.3. The SMILES string of the molecule is C.Cc1cc(Nc2cc(OCCCNC34CCCC(CCC3)C4)cc(C(F)(F)F)c2)c2ccccc2n1.Cl.Cl. The first-order chi connectivity index (χ1) is 17.3. The molecule has 2 bridgehead atoms. The van der Waals surface area contributed by atoms with Gasteiger partial charge in [0.1, 0.15) is 5.75 Å². The van der Waals surface area contributed by atoms with E-state index in [1.165, 1.54) is 44.9 Å². The number of fused-ring (bicyclic) bond motifs is 3. The van der Waals surface area contributed by atoms with E-state index in [2.05, 4.69) is 15.6 Å². The Morgan fingerprint density at radius 2 is 1.74 bits per heavy atom. The highest BCUT2D eigenvalue weighted by Gasteiger charge is 2.38. The minimum atomic E-state index is -4.47. The summed E-state index contributed by atoms with van der Waals surface area (Å²) in [5, 5.41) is 7.80. The first-order valence-electron chi connectivity index (χ1n) is 13.0. The van der Waals surface area contributed by atoms with Crippen LogP contribution < -0.4 is 15.4 Å². The van der Waals surface area contributed by atoms with E-state index in [1.54, 1.807) is 6.07 Å². The van der Waals surface area contributed by atoms with Crippen molar-refractivity contribution >= 4 is 47.1 Å². The Bertz CT molecular complexity index is 1210. The van der Waals surface area contributed by atoms with Crippen LogP contribution in [-0.2, 0) is 6.18 Å². The van der Waals surface area contributed by atoms with Crippen molar-refractivity contribution in [3.05, 3.63) is 59.8 Å². The molecule has 0 atom stereocenters. The third-order valence-corrected chi connectivity index (χ3v) is 7.66. The second-order valence-corrected chi connectivity index (χ2v) is 10.5. The van der Waals surface area contributed by atoms with Crippen molar-refractivity contribution in [2.45, 2.75) is 77.4 Å². The summed E-state index contributed by atoms with van der Waals surface area (Å²) >= 11 is 0. The van der Waals surface area contributed by atoms with Gasteiger partial charge in [0.25, 0.3) is 0 Å². The summed E-state index contributed by atoms with van der Waals surface area (Å²) in [6.07, 6.45) is 5.30. The first-order valence-corrected chi connectivity index (χ1v) is 13.0. The van der Waals surface area contributed by atoms with Gasteiger partial charge in [-0.3, -0.25) is 4.98 Å². The van der Waals surface area contributed by atoms with Gasteiger partial charge in [-0.05, 0) is 69.3 Å². The van der Waals surface area contributed by atoms with E-state index in [-0.39, 0.29) is 43.5 Å². The normalized spacial score (nSPS) is 20.3. The summed E-state index contributed by atoms with van der Waals surface area (Å²) in [6.45, 7) is 3.05. The van der Waals surface area contributed by atoms with Gasteiger partial charge in [-0.2, -0.15) is 13.2 Å². The number of hydrogen-bond acceptors (Lipinski definition) is 4. The van der Waals surface area contributed by atoms with Crippen molar-refractivity contribution < 1.29 is 17.9 Å². The molecule has 0 radical (unpaired) electrons. The van der Waals surface area contributed by atoms with Crippen LogP contribution in [0, 0.1) is 12.8 Å². The molecule has 5 rings (SSSR count). The predicted molar refractivity (Wildman–Crippen MR) is 159 cm³/mol. The number of pyridine rings is 1. The average Bonchev–Trinajstić information content (AvgIpc) is 2.83. The lowest BCUT2D eigenvalue weighted by molar-refractivity contribution is -0.137. The van der Waals surface area contributed by atoms with Crippen LogP contribution in [0.15, 0.2) is 48.5 Å². The van der Waals surface area contributed by atoms with Gasteiger partial charge in [0.05, 0.1) is 17.7 Å². The fourth-order valence-electron chi connectivity index (χ4n) is 6.04. The molecule has 0 unspecified atom stereocenters. The number of hydrogen-bond donors (Lipinski definition) is 2. The van der Waals surface area contributed by atoms with Gasteiger partial charge < -0.3 is 15.4 Å². The van der Waals surface area contributed by atoms with Gasteiger partial charge in [-0.25, -0.2) is 0 Å². The van der Waals surface area contributed by atoms with Gasteiger partial charge in [-0.1, -0.05) is 51.3 Å². The van der Waals surface area contributed by atoms with Gasteiger partial charge in [0, 0.05) is 34.1 Å². The van der Waals surface area contributed by atoms with Crippen LogP contribution in [0.1, 0.15) is 70.1 Å². The summed E-state index contributed by atoms with van der Waals surface area (Å²) in [5.41, 5.74) is 2.16. The number of halogens is 5. The Kier molecular flexibility index (Phi) is 11.8. The lowest BCUT2D eigenvalue weighted by Gasteiger charge is -2.46. The highest BCUT2D eigenvalue weighted by atomic mass is 35.5. The molecule has 0 aliphatic heterocycles. The van der Waals surface area contributed by atoms with E-state index < -0.39 is 11.7 Å². The van der Waals surface area contributed by atoms with E-state index in [1.807, 2.05) is 37.3 Å². The third kappa shape index (κ3) is 8.15. The number of rotatable bonds is 8. The lowest BCUT2D eigenvalue weighted by atomic mass is 9.67. The van der Waals surface area contributed by atoms with Crippen molar-refractivity contribution in [3.8, 4) is 5.75 Å². The first kappa shape index (κ1) is 33.0. The lowest BCUT2D eigenvalue weighted by Crippen LogP contribution is -2.51. The molecule has 0 saturated heterocycles. The third-order valence-electron chi connectivity index (χ3n) is 7.66. The largest absolute Gasteiger partial charge is 0.493 e. The zero-order valence-electron chi connectivity index (χ0n) is 21.6. The Morgan fingerprint density at radius 3 is 2.46 bits per heavy atom. The molecule has 3 aromatic rings. The van der Waals surface area contributed by atoms with Gasteiger partial charge in [0.2, 0.25) is 0 Å². The number of nitrogens with one attached hydrogen (secondary N) is 2. The molecular formula is C30H40Cl2F3N3O. The van der Waals surface area contributed by atoms with Crippen LogP contribution in [0.2, 0.25) is 0 Å². The van der Waals surface area contributed by atoms with Crippen LogP contribution >= 0.6 is 24.8 Å². The van der Waals surface area contributed by atoms with Crippen molar-refractivity contribution in [1.82, 2.24) is 10.3 Å². The summed E-state index contributed by atoms with van der Waals surface area (Å²) < 4.78 is 46.8. The molecular weight excluding hydrogens is 546 g/mol. The maximum Gasteiger partial charge on any atom is 0.416 e. The number of ether oxygens (including phenoxy) is 1. The van der Waals surface area contributed by atoms with Crippen LogP contribution in [-0.4, -0.2) is 23.7 Å². The molecule has 2 aromatic carbocycles. The number of nitrogens with zero attached hydrogens (tertiary/aromatic N) is 1. The number of alkyl halides is 3. The van der Waals surface area contributed by atoms with Crippen LogP contribution in [0.25, 0.3) is 10.9 Å². The number of anilines is 2. The summed E-state index contributed by atoms with van der Waals surface area (Å²) in [7, 11) is 0. The van der Waals surface area contributed by atoms with Gasteiger partial charge >= 0.3 is 6.18 Å². The minimum Gasteiger partial charge on any atom is -0.493 e. The Labute approximate surface area is 242 Å². The van der Waals surface area contributed by atoms with Crippen LogP contribution in [0.5, 0.6) is 5.75 Å². The molecule has 2 aliphatic carbocycles. The second-order valence-electron chi connectivity index (χ2n) is 10.5. The summed E-state index contributed by atoms with van der Waals surface area (Å²) in [4.78, 5) is 4.51. The van der Waals surface area contributed by atoms with Crippen molar-refractivity contribution in [3.63, 3.8) is 0 Å². The van der Waals surface area contributed by atoms with Gasteiger partial charge in [-0.15, -0.1) is 24.8 Å². The number of para-hydroxylation sites is 1. The maximum absolute atomic E-state index is 13.7. The van der Waals surface area contributed by atoms with E-state index in [9.17, 15) is 13.2 Å². The van der Waals surface area contributed by atoms with E-state index in [4.69, 9.17) is 4.74 Å². The second kappa shape index (κ2) is 13.9. The Morgan fingerprint density at radius 1 is 1.03 bits per heavy atom. The Balaban J connectivity index is 0.00000178. The summed E-state index contributed by atoms with van der Waals surface area (Å²) in [5.74, 6) is 1.07. The molecule has 0 amide bonds. The topological polar surface area (TPSA) is 46.2 Å². The highest BCUT2D eigenvalue weighted by Crippen LogP contribution is 2.42. The fraction of sp³-hybridized carbons (Fsp3) is 0.500. The molecule has 1 heterocycles. The van der Waals surface area contributed by atoms with Gasteiger partial charge in [0.15, 0.2) is 0 Å². The molecule has 2 aliphatic rings. The quantitative estimate of drug-likeness (QED) is 0.258. The molecule has 0 spiro atoms. The number of aromatic nitrogens is 1. The standard InChI is InChI=1S/C29H34F3N3O.CH4.2ClH/c1-20-15-27(25-9-2-3-10-26(25)34-20)35-23-16-22(29(30,31)32)17-24(18-23)36-14-6-13-33-28-11-4-7-21(19-28)8-5-12-28;;;/h2-3,9-10,15-18,21,33H,4-8,11-14,19H2,1H3,(H,34,35);1H4;2*1H. The van der Waals surface area contributed by atoms with Crippen LogP contribution in [0.4, 0.5) is 24.5 Å². The zero-order chi connectivity index (χ0) is 25.2. The Hall–Kier alpha value is -2.22. The zero-order valence-corrected chi connectivity index (χ0v) is 23.2. The predicted octanol–water partition coefficient (Wildman–Crippen LogP) is 9.26. The molecule has 1 aromatic heterocycles. The molecule has 2 saturated carbocycles. The molecule has 39 heavy (non-hydrogen) atoms. The van der Waals surface area contributed by atoms with Crippen molar-refractivity contribution in [1.29, 1.82) is 0 Å². The van der Waals surface area contributed by atoms with E-state index in [0.717, 1.165) is 47.6 Å². The molecule has 4 nitrogen and oxygen atoms in total. The number of aryl methyl sites for hydroxylation is 1. The maximum atomic E-state index is 13.7. The van der Waals surface area contributed by atoms with E-state index in [0.29, 0.717) is 18.0 Å². The van der Waals surface area contributed by atoms with Crippen LogP contribution in [0.3, 0.4) is 0 Å². The molecule has 2 fully saturated rings. The molecule has 2 N–H and O–H groups in total. The molecule has 9 heteroatoms. The smallest absolute Gasteiger partial charge is 0.416 e. The number of benzene rings is 2. The van der Waals surface area contributed by atoms with E-state index >= 15 is 0 Å². The van der Waals surface area contributed by atoms with Crippen molar-refractivity contribution in [2.75, 3.05) is 18.5 Å². The van der Waals surface area contributed by atoms with Crippen molar-refractivity contribution in [2.24, 2.45) is 5.92 Å². The highest BCUT2D eigenvalue weighted by molar-refractivity contribution is 5.93. The molecule has 216 valence electrons. The minimum absolute atomic E-state index is 0. The fourth-order valence-corrected chi connectivity index (χ4v) is 6.04. The average molecular weight is 587 g/mol.